The van der Waals surface area contributed by atoms with Crippen LogP contribution in [0.3, 0.4) is 0 Å². The average molecular weight is 408 g/mol. The number of benzene rings is 1. The van der Waals surface area contributed by atoms with Crippen molar-refractivity contribution < 1.29 is 18.8 Å². The van der Waals surface area contributed by atoms with E-state index in [1.54, 1.807) is 0 Å². The molecule has 158 valence electrons. The van der Waals surface area contributed by atoms with Crippen LogP contribution in [-0.2, 0) is 14.0 Å². The van der Waals surface area contributed by atoms with Crippen LogP contribution in [0.2, 0.25) is 18.1 Å². The van der Waals surface area contributed by atoms with Crippen LogP contribution in [0, 0.1) is 0 Å². The number of ketones is 1. The van der Waals surface area contributed by atoms with Crippen LogP contribution in [0.15, 0.2) is 30.3 Å². The van der Waals surface area contributed by atoms with Gasteiger partial charge in [-0.15, -0.1) is 0 Å². The topological polar surface area (TPSA) is 64.6 Å². The van der Waals surface area contributed by atoms with Gasteiger partial charge in [-0.2, -0.15) is 0 Å². The Balaban J connectivity index is 2.69. The van der Waals surface area contributed by atoms with Gasteiger partial charge in [0.1, 0.15) is 5.60 Å². The highest BCUT2D eigenvalue weighted by Gasteiger charge is 2.37. The number of alkyl carbamates (subject to hydrolysis) is 1. The summed E-state index contributed by atoms with van der Waals surface area (Å²) >= 11 is 0. The molecular weight excluding hydrogens is 370 g/mol. The predicted molar refractivity (Wildman–Crippen MR) is 116 cm³/mol. The molecule has 0 aliphatic carbocycles. The molecule has 1 rings (SSSR count). The first-order valence-electron chi connectivity index (χ1n) is 9.91. The van der Waals surface area contributed by atoms with Crippen LogP contribution in [0.4, 0.5) is 4.79 Å². The van der Waals surface area contributed by atoms with Gasteiger partial charge >= 0.3 is 6.09 Å². The van der Waals surface area contributed by atoms with Crippen LogP contribution >= 0.6 is 0 Å². The number of rotatable bonds is 8. The van der Waals surface area contributed by atoms with Gasteiger partial charge in [-0.25, -0.2) is 4.79 Å². The fourth-order valence-corrected chi connectivity index (χ4v) is 3.27. The van der Waals surface area contributed by atoms with E-state index in [-0.39, 0.29) is 23.5 Å². The molecule has 1 atom stereocenters. The van der Waals surface area contributed by atoms with Gasteiger partial charge in [-0.3, -0.25) is 4.79 Å². The third kappa shape index (κ3) is 8.57. The van der Waals surface area contributed by atoms with Crippen molar-refractivity contribution in [3.8, 4) is 0 Å². The summed E-state index contributed by atoms with van der Waals surface area (Å²) in [5.74, 6) is 0.0525. The SMILES string of the molecule is CC(C)(C)OC(=O)NC(CCC(=O)CO[Si](C)(C)C(C)(C)C)c1ccccc1. The Morgan fingerprint density at radius 1 is 1.04 bits per heavy atom. The van der Waals surface area contributed by atoms with Crippen molar-refractivity contribution in [1.29, 1.82) is 0 Å². The molecule has 1 amide bonds. The lowest BCUT2D eigenvalue weighted by molar-refractivity contribution is -0.121. The van der Waals surface area contributed by atoms with E-state index in [0.717, 1.165) is 5.56 Å². The molecule has 0 aliphatic rings. The Bertz CT molecular complexity index is 645. The van der Waals surface area contributed by atoms with Crippen molar-refractivity contribution >= 4 is 20.2 Å². The molecule has 0 aliphatic heterocycles. The zero-order valence-corrected chi connectivity index (χ0v) is 19.7. The second kappa shape index (κ2) is 9.70. The number of Topliss-reactive ketones (excluding diaryl/α,β-unsaturated/α-hetero) is 1. The standard InChI is InChI=1S/C22H37NO4Si/c1-21(2,3)27-20(25)23-19(17-12-10-9-11-13-17)15-14-18(24)16-26-28(7,8)22(4,5)6/h9-13,19H,14-16H2,1-8H3,(H,23,25). The molecule has 1 aromatic rings. The molecule has 0 bridgehead atoms. The minimum absolute atomic E-state index is 0.0525. The van der Waals surface area contributed by atoms with Crippen molar-refractivity contribution in [1.82, 2.24) is 5.32 Å². The molecule has 1 aromatic carbocycles. The monoisotopic (exact) mass is 407 g/mol. The Labute approximate surface area is 171 Å². The molecule has 0 fully saturated rings. The fraction of sp³-hybridized carbons (Fsp3) is 0.636. The van der Waals surface area contributed by atoms with Gasteiger partial charge in [-0.05, 0) is 50.9 Å². The minimum Gasteiger partial charge on any atom is -0.444 e. The molecular formula is C22H37NO4Si. The van der Waals surface area contributed by atoms with Crippen LogP contribution in [0.1, 0.15) is 66.0 Å². The molecule has 0 saturated carbocycles. The van der Waals surface area contributed by atoms with E-state index in [1.807, 2.05) is 51.1 Å². The fourth-order valence-electron chi connectivity index (χ4n) is 2.31. The van der Waals surface area contributed by atoms with E-state index in [9.17, 15) is 9.59 Å². The Morgan fingerprint density at radius 3 is 2.11 bits per heavy atom. The third-order valence-corrected chi connectivity index (χ3v) is 9.48. The number of hydrogen-bond donors (Lipinski definition) is 1. The number of ether oxygens (including phenoxy) is 1. The molecule has 1 unspecified atom stereocenters. The maximum absolute atomic E-state index is 12.4. The second-order valence-corrected chi connectivity index (χ2v) is 14.5. The molecule has 28 heavy (non-hydrogen) atoms. The molecule has 0 spiro atoms. The van der Waals surface area contributed by atoms with Crippen LogP contribution in [0.5, 0.6) is 0 Å². The maximum Gasteiger partial charge on any atom is 0.408 e. The normalized spacial score (nSPS) is 13.7. The third-order valence-electron chi connectivity index (χ3n) is 5.00. The van der Waals surface area contributed by atoms with E-state index in [1.165, 1.54) is 0 Å². The molecule has 0 saturated heterocycles. The van der Waals surface area contributed by atoms with Gasteiger partial charge in [0.05, 0.1) is 12.6 Å². The van der Waals surface area contributed by atoms with E-state index in [4.69, 9.17) is 9.16 Å². The van der Waals surface area contributed by atoms with E-state index in [0.29, 0.717) is 12.8 Å². The van der Waals surface area contributed by atoms with Crippen molar-refractivity contribution in [2.75, 3.05) is 6.61 Å². The number of nitrogens with one attached hydrogen (secondary N) is 1. The molecule has 1 N–H and O–H groups in total. The van der Waals surface area contributed by atoms with Crippen molar-refractivity contribution in [2.24, 2.45) is 0 Å². The minimum atomic E-state index is -1.95. The Hall–Kier alpha value is -1.66. The number of hydrogen-bond acceptors (Lipinski definition) is 4. The number of amides is 1. The first kappa shape index (κ1) is 24.4. The summed E-state index contributed by atoms with van der Waals surface area (Å²) in [5.41, 5.74) is 0.379. The maximum atomic E-state index is 12.4. The largest absolute Gasteiger partial charge is 0.444 e. The molecule has 0 heterocycles. The van der Waals surface area contributed by atoms with Crippen molar-refractivity contribution in [3.63, 3.8) is 0 Å². The quantitative estimate of drug-likeness (QED) is 0.568. The van der Waals surface area contributed by atoms with Crippen molar-refractivity contribution in [2.45, 2.75) is 84.2 Å². The highest BCUT2D eigenvalue weighted by Crippen LogP contribution is 2.36. The Kier molecular flexibility index (Phi) is 8.44. The highest BCUT2D eigenvalue weighted by atomic mass is 28.4. The van der Waals surface area contributed by atoms with E-state index in [2.05, 4.69) is 39.2 Å². The van der Waals surface area contributed by atoms with Crippen LogP contribution < -0.4 is 5.32 Å². The predicted octanol–water partition coefficient (Wildman–Crippen LogP) is 5.62. The second-order valence-electron chi connectivity index (χ2n) is 9.74. The number of carbonyl (C=O) groups is 2. The van der Waals surface area contributed by atoms with Gasteiger partial charge in [0.25, 0.3) is 0 Å². The highest BCUT2D eigenvalue weighted by molar-refractivity contribution is 6.74. The van der Waals surface area contributed by atoms with Gasteiger partial charge in [0, 0.05) is 6.42 Å². The zero-order valence-electron chi connectivity index (χ0n) is 18.7. The summed E-state index contributed by atoms with van der Waals surface area (Å²) in [4.78, 5) is 24.6. The first-order valence-corrected chi connectivity index (χ1v) is 12.8. The van der Waals surface area contributed by atoms with Gasteiger partial charge in [-0.1, -0.05) is 51.1 Å². The van der Waals surface area contributed by atoms with Crippen LogP contribution in [0.25, 0.3) is 0 Å². The van der Waals surface area contributed by atoms with Gasteiger partial charge < -0.3 is 14.5 Å². The molecule has 5 nitrogen and oxygen atoms in total. The van der Waals surface area contributed by atoms with Gasteiger partial charge in [0.15, 0.2) is 14.1 Å². The summed E-state index contributed by atoms with van der Waals surface area (Å²) in [5, 5.41) is 2.96. The molecule has 0 aromatic heterocycles. The van der Waals surface area contributed by atoms with E-state index < -0.39 is 20.0 Å². The van der Waals surface area contributed by atoms with Crippen molar-refractivity contribution in [3.05, 3.63) is 35.9 Å². The summed E-state index contributed by atoms with van der Waals surface area (Å²) in [7, 11) is -1.95. The van der Waals surface area contributed by atoms with Crippen LogP contribution in [-0.4, -0.2) is 32.4 Å². The lowest BCUT2D eigenvalue weighted by Crippen LogP contribution is -2.42. The molecule has 0 radical (unpaired) electrons. The lowest BCUT2D eigenvalue weighted by Gasteiger charge is -2.35. The van der Waals surface area contributed by atoms with E-state index >= 15 is 0 Å². The molecule has 6 heteroatoms. The first-order chi connectivity index (χ1) is 12.7. The summed E-state index contributed by atoms with van der Waals surface area (Å²) in [6, 6.07) is 9.36. The summed E-state index contributed by atoms with van der Waals surface area (Å²) < 4.78 is 11.4. The zero-order chi connectivity index (χ0) is 21.6. The summed E-state index contributed by atoms with van der Waals surface area (Å²) in [6.07, 6.45) is 0.360. The van der Waals surface area contributed by atoms with Gasteiger partial charge in [0.2, 0.25) is 0 Å². The average Bonchev–Trinajstić information content (AvgIpc) is 2.55. The lowest BCUT2D eigenvalue weighted by atomic mass is 10.0. The summed E-state index contributed by atoms with van der Waals surface area (Å²) in [6.45, 7) is 16.3. The Morgan fingerprint density at radius 2 is 1.61 bits per heavy atom. The number of carbonyl (C=O) groups excluding carboxylic acids is 2. The smallest absolute Gasteiger partial charge is 0.408 e.